The normalized spacial score (nSPS) is 10.3. The van der Waals surface area contributed by atoms with E-state index in [9.17, 15) is 9.59 Å². The van der Waals surface area contributed by atoms with Gasteiger partial charge in [0.05, 0.1) is 0 Å². The molecule has 0 saturated carbocycles. The van der Waals surface area contributed by atoms with Crippen molar-refractivity contribution in [1.29, 1.82) is 0 Å². The highest BCUT2D eigenvalue weighted by Gasteiger charge is 2.20. The van der Waals surface area contributed by atoms with Crippen LogP contribution in [0.5, 0.6) is 0 Å². The number of nitrogens with zero attached hydrogens (tertiary/aromatic N) is 2. The first kappa shape index (κ1) is 18.8. The number of anilines is 2. The van der Waals surface area contributed by atoms with E-state index in [0.29, 0.717) is 13.1 Å². The van der Waals surface area contributed by atoms with Crippen LogP contribution in [0, 0.1) is 0 Å². The van der Waals surface area contributed by atoms with E-state index in [1.54, 1.807) is 0 Å². The second kappa shape index (κ2) is 8.63. The lowest BCUT2D eigenvalue weighted by molar-refractivity contribution is 0.0933. The van der Waals surface area contributed by atoms with Gasteiger partial charge in [-0.15, -0.1) is 0 Å². The highest BCUT2D eigenvalue weighted by atomic mass is 16.2. The molecule has 3 rings (SSSR count). The fourth-order valence-corrected chi connectivity index (χ4v) is 2.52. The number of carbonyl (C=O) groups excluding carboxylic acids is 2. The Balaban J connectivity index is 1.67. The van der Waals surface area contributed by atoms with Crippen LogP contribution in [-0.2, 0) is 13.1 Å². The third-order valence-electron chi connectivity index (χ3n) is 3.97. The molecule has 0 aliphatic heterocycles. The lowest BCUT2D eigenvalue weighted by Gasteiger charge is -2.10. The molecule has 0 unspecified atom stereocenters. The van der Waals surface area contributed by atoms with Crippen LogP contribution in [0.1, 0.15) is 32.1 Å². The summed E-state index contributed by atoms with van der Waals surface area (Å²) in [5, 5.41) is 5.40. The molecule has 0 aliphatic carbocycles. The molecule has 0 saturated heterocycles. The Morgan fingerprint density at radius 2 is 1.04 bits per heavy atom. The minimum absolute atomic E-state index is 0.118. The van der Waals surface area contributed by atoms with E-state index in [-0.39, 0.29) is 23.0 Å². The molecular weight excluding hydrogens is 356 g/mol. The Morgan fingerprint density at radius 3 is 1.39 bits per heavy atom. The molecule has 6 N–H and O–H groups in total. The van der Waals surface area contributed by atoms with Crippen molar-refractivity contribution in [3.8, 4) is 0 Å². The summed E-state index contributed by atoms with van der Waals surface area (Å²) in [6, 6.07) is 18.8. The molecule has 0 bridgehead atoms. The van der Waals surface area contributed by atoms with Gasteiger partial charge in [-0.2, -0.15) is 0 Å². The summed E-state index contributed by atoms with van der Waals surface area (Å²) in [5.74, 6) is -1.36. The zero-order valence-electron chi connectivity index (χ0n) is 15.1. The maximum absolute atomic E-state index is 12.3. The SMILES string of the molecule is Nc1nc(C(=O)NCc2ccccc2)c(N)nc1C(=O)NCc1ccccc1. The van der Waals surface area contributed by atoms with E-state index in [1.807, 2.05) is 60.7 Å². The number of amides is 2. The summed E-state index contributed by atoms with van der Waals surface area (Å²) in [6.07, 6.45) is 0. The van der Waals surface area contributed by atoms with Gasteiger partial charge in [0.25, 0.3) is 11.8 Å². The van der Waals surface area contributed by atoms with Crippen molar-refractivity contribution in [3.05, 3.63) is 83.2 Å². The molecule has 1 heterocycles. The molecule has 0 fully saturated rings. The first-order chi connectivity index (χ1) is 13.5. The molecule has 0 radical (unpaired) electrons. The average Bonchev–Trinajstić information content (AvgIpc) is 2.73. The maximum atomic E-state index is 12.3. The molecule has 0 spiro atoms. The maximum Gasteiger partial charge on any atom is 0.274 e. The van der Waals surface area contributed by atoms with E-state index < -0.39 is 11.8 Å². The van der Waals surface area contributed by atoms with Crippen molar-refractivity contribution >= 4 is 23.5 Å². The van der Waals surface area contributed by atoms with Gasteiger partial charge in [0.15, 0.2) is 23.0 Å². The smallest absolute Gasteiger partial charge is 0.274 e. The Hall–Kier alpha value is -3.94. The summed E-state index contributed by atoms with van der Waals surface area (Å²) in [7, 11) is 0. The quantitative estimate of drug-likeness (QED) is 0.515. The predicted octanol–water partition coefficient (Wildman–Crippen LogP) is 1.50. The fourth-order valence-electron chi connectivity index (χ4n) is 2.52. The molecular formula is C20H20N6O2. The van der Waals surface area contributed by atoms with Crippen molar-refractivity contribution < 1.29 is 9.59 Å². The van der Waals surface area contributed by atoms with Gasteiger partial charge in [0.2, 0.25) is 0 Å². The van der Waals surface area contributed by atoms with E-state index in [4.69, 9.17) is 11.5 Å². The topological polar surface area (TPSA) is 136 Å². The molecule has 8 nitrogen and oxygen atoms in total. The van der Waals surface area contributed by atoms with Crippen LogP contribution < -0.4 is 22.1 Å². The molecule has 28 heavy (non-hydrogen) atoms. The van der Waals surface area contributed by atoms with Crippen LogP contribution in [0.3, 0.4) is 0 Å². The zero-order valence-corrected chi connectivity index (χ0v) is 15.1. The average molecular weight is 376 g/mol. The fraction of sp³-hybridized carbons (Fsp3) is 0.100. The molecule has 0 atom stereocenters. The number of nitrogen functional groups attached to an aromatic ring is 2. The second-order valence-corrected chi connectivity index (χ2v) is 6.03. The Labute approximate surface area is 162 Å². The number of hydrogen-bond donors (Lipinski definition) is 4. The third-order valence-corrected chi connectivity index (χ3v) is 3.97. The van der Waals surface area contributed by atoms with Gasteiger partial charge < -0.3 is 22.1 Å². The molecule has 0 aliphatic rings. The van der Waals surface area contributed by atoms with Gasteiger partial charge >= 0.3 is 0 Å². The van der Waals surface area contributed by atoms with Crippen LogP contribution in [0.2, 0.25) is 0 Å². The largest absolute Gasteiger partial charge is 0.382 e. The Kier molecular flexibility index (Phi) is 5.81. The number of nitrogens with two attached hydrogens (primary N) is 2. The first-order valence-electron chi connectivity index (χ1n) is 8.62. The van der Waals surface area contributed by atoms with Gasteiger partial charge in [-0.05, 0) is 11.1 Å². The van der Waals surface area contributed by atoms with Crippen LogP contribution in [0.15, 0.2) is 60.7 Å². The number of aromatic nitrogens is 2. The first-order valence-corrected chi connectivity index (χ1v) is 8.62. The molecule has 8 heteroatoms. The molecule has 3 aromatic rings. The van der Waals surface area contributed by atoms with Crippen LogP contribution in [-0.4, -0.2) is 21.8 Å². The highest BCUT2D eigenvalue weighted by Crippen LogP contribution is 2.13. The van der Waals surface area contributed by atoms with Gasteiger partial charge in [-0.1, -0.05) is 60.7 Å². The lowest BCUT2D eigenvalue weighted by atomic mass is 10.2. The van der Waals surface area contributed by atoms with Crippen LogP contribution >= 0.6 is 0 Å². The standard InChI is InChI=1S/C20H20N6O2/c21-17-15(19(27)23-11-13-7-3-1-4-8-13)25-18(22)16(26-17)20(28)24-12-14-9-5-2-6-10-14/h1-10H,11-12H2,(H2,22,25)(H2,21,26)(H,23,27)(H,24,28). The van der Waals surface area contributed by atoms with E-state index in [2.05, 4.69) is 20.6 Å². The van der Waals surface area contributed by atoms with Crippen LogP contribution in [0.4, 0.5) is 11.6 Å². The van der Waals surface area contributed by atoms with Crippen molar-refractivity contribution in [2.75, 3.05) is 11.5 Å². The van der Waals surface area contributed by atoms with Crippen molar-refractivity contribution in [2.45, 2.75) is 13.1 Å². The number of benzene rings is 2. The summed E-state index contributed by atoms with van der Waals surface area (Å²) < 4.78 is 0. The van der Waals surface area contributed by atoms with Crippen LogP contribution in [0.25, 0.3) is 0 Å². The minimum Gasteiger partial charge on any atom is -0.382 e. The minimum atomic E-state index is -0.517. The van der Waals surface area contributed by atoms with Gasteiger partial charge in [-0.25, -0.2) is 9.97 Å². The monoisotopic (exact) mass is 376 g/mol. The number of hydrogen-bond acceptors (Lipinski definition) is 6. The highest BCUT2D eigenvalue weighted by molar-refractivity contribution is 6.00. The predicted molar refractivity (Wildman–Crippen MR) is 106 cm³/mol. The van der Waals surface area contributed by atoms with Crippen molar-refractivity contribution in [2.24, 2.45) is 0 Å². The number of rotatable bonds is 6. The number of carbonyl (C=O) groups is 2. The van der Waals surface area contributed by atoms with E-state index >= 15 is 0 Å². The Bertz CT molecular complexity index is 895. The summed E-state index contributed by atoms with van der Waals surface area (Å²) in [5.41, 5.74) is 13.3. The van der Waals surface area contributed by atoms with Gasteiger partial charge in [0, 0.05) is 13.1 Å². The Morgan fingerprint density at radius 1 is 0.679 bits per heavy atom. The van der Waals surface area contributed by atoms with Crippen molar-refractivity contribution in [3.63, 3.8) is 0 Å². The van der Waals surface area contributed by atoms with Gasteiger partial charge in [0.1, 0.15) is 0 Å². The summed E-state index contributed by atoms with van der Waals surface area (Å²) >= 11 is 0. The molecule has 1 aromatic heterocycles. The second-order valence-electron chi connectivity index (χ2n) is 6.03. The zero-order chi connectivity index (χ0) is 19.9. The molecule has 2 amide bonds. The summed E-state index contributed by atoms with van der Waals surface area (Å²) in [6.45, 7) is 0.611. The lowest BCUT2D eigenvalue weighted by Crippen LogP contribution is -2.29. The molecule has 2 aromatic carbocycles. The third kappa shape index (κ3) is 4.61. The number of nitrogens with one attached hydrogen (secondary N) is 2. The van der Waals surface area contributed by atoms with E-state index in [1.165, 1.54) is 0 Å². The molecule has 142 valence electrons. The van der Waals surface area contributed by atoms with Gasteiger partial charge in [-0.3, -0.25) is 9.59 Å². The van der Waals surface area contributed by atoms with Crippen molar-refractivity contribution in [1.82, 2.24) is 20.6 Å². The summed E-state index contributed by atoms with van der Waals surface area (Å²) in [4.78, 5) is 32.6. The van der Waals surface area contributed by atoms with E-state index in [0.717, 1.165) is 11.1 Å².